The number of pyridine rings is 1. The Morgan fingerprint density at radius 2 is 1.74 bits per heavy atom. The Kier molecular flexibility index (Phi) is 5.80. The molecule has 2 heterocycles. The second kappa shape index (κ2) is 8.03. The van der Waals surface area contributed by atoms with Gasteiger partial charge in [0.2, 0.25) is 0 Å². The summed E-state index contributed by atoms with van der Waals surface area (Å²) < 4.78 is 0. The summed E-state index contributed by atoms with van der Waals surface area (Å²) in [5, 5.41) is 0.999. The third-order valence-electron chi connectivity index (χ3n) is 3.44. The van der Waals surface area contributed by atoms with Gasteiger partial charge in [-0.05, 0) is 36.4 Å². The van der Waals surface area contributed by atoms with E-state index in [0.717, 1.165) is 10.9 Å². The van der Waals surface area contributed by atoms with Crippen LogP contribution in [0.25, 0.3) is 10.9 Å². The maximum Gasteiger partial charge on any atom is 0.164 e. The van der Waals surface area contributed by atoms with Crippen LogP contribution >= 0.6 is 0 Å². The van der Waals surface area contributed by atoms with Crippen molar-refractivity contribution in [3.63, 3.8) is 0 Å². The Labute approximate surface area is 135 Å². The number of rotatable bonds is 5. The number of fused-ring (bicyclic) bond motifs is 1. The van der Waals surface area contributed by atoms with Gasteiger partial charge in [-0.15, -0.1) is 0 Å². The number of nitrogens with one attached hydrogen (secondary N) is 1. The van der Waals surface area contributed by atoms with E-state index in [4.69, 9.17) is 0 Å². The van der Waals surface area contributed by atoms with E-state index >= 15 is 0 Å². The molecular formula is C19H20N2O2. The summed E-state index contributed by atoms with van der Waals surface area (Å²) in [4.78, 5) is 31.1. The number of H-pyrrole nitrogens is 1. The van der Waals surface area contributed by atoms with Gasteiger partial charge in [-0.25, -0.2) is 0 Å². The van der Waals surface area contributed by atoms with Crippen LogP contribution in [0.4, 0.5) is 0 Å². The van der Waals surface area contributed by atoms with E-state index in [1.807, 2.05) is 38.2 Å². The fourth-order valence-electron chi connectivity index (χ4n) is 2.27. The zero-order chi connectivity index (χ0) is 16.7. The summed E-state index contributed by atoms with van der Waals surface area (Å²) >= 11 is 0. The van der Waals surface area contributed by atoms with Gasteiger partial charge in [-0.1, -0.05) is 13.8 Å². The SMILES string of the molecule is CC.O=C(CCC(=O)c1ccc2[nH]ccc2c1)c1cccnc1. The van der Waals surface area contributed by atoms with Gasteiger partial charge in [0.05, 0.1) is 0 Å². The highest BCUT2D eigenvalue weighted by molar-refractivity contribution is 6.03. The molecule has 4 heteroatoms. The first-order valence-electron chi connectivity index (χ1n) is 7.77. The zero-order valence-electron chi connectivity index (χ0n) is 13.4. The molecule has 0 bridgehead atoms. The summed E-state index contributed by atoms with van der Waals surface area (Å²) in [6, 6.07) is 10.9. The predicted octanol–water partition coefficient (Wildman–Crippen LogP) is 4.43. The minimum Gasteiger partial charge on any atom is -0.361 e. The van der Waals surface area contributed by atoms with Crippen LogP contribution in [-0.2, 0) is 0 Å². The van der Waals surface area contributed by atoms with Crippen LogP contribution in [0, 0.1) is 0 Å². The van der Waals surface area contributed by atoms with Gasteiger partial charge < -0.3 is 4.98 Å². The average molecular weight is 308 g/mol. The number of aromatic nitrogens is 2. The molecule has 0 aliphatic carbocycles. The maximum atomic E-state index is 12.2. The van der Waals surface area contributed by atoms with Crippen molar-refractivity contribution in [3.05, 3.63) is 66.1 Å². The third-order valence-corrected chi connectivity index (χ3v) is 3.44. The van der Waals surface area contributed by atoms with Crippen LogP contribution in [0.1, 0.15) is 47.4 Å². The smallest absolute Gasteiger partial charge is 0.164 e. The Morgan fingerprint density at radius 3 is 2.43 bits per heavy atom. The first kappa shape index (κ1) is 16.6. The Balaban J connectivity index is 0.000000924. The van der Waals surface area contributed by atoms with Crippen LogP contribution in [0.2, 0.25) is 0 Å². The highest BCUT2D eigenvalue weighted by atomic mass is 16.1. The lowest BCUT2D eigenvalue weighted by atomic mass is 10.0. The second-order valence-corrected chi connectivity index (χ2v) is 4.87. The van der Waals surface area contributed by atoms with Crippen LogP contribution in [0.15, 0.2) is 55.0 Å². The van der Waals surface area contributed by atoms with Gasteiger partial charge in [0.25, 0.3) is 0 Å². The first-order valence-corrected chi connectivity index (χ1v) is 7.77. The van der Waals surface area contributed by atoms with Gasteiger partial charge in [0.15, 0.2) is 11.6 Å². The lowest BCUT2D eigenvalue weighted by Gasteiger charge is -2.02. The van der Waals surface area contributed by atoms with Crippen molar-refractivity contribution < 1.29 is 9.59 Å². The van der Waals surface area contributed by atoms with Crippen LogP contribution in [0.5, 0.6) is 0 Å². The summed E-state index contributed by atoms with van der Waals surface area (Å²) in [5.41, 5.74) is 2.19. The van der Waals surface area contributed by atoms with Crippen LogP contribution in [-0.4, -0.2) is 21.5 Å². The molecule has 0 amide bonds. The predicted molar refractivity (Wildman–Crippen MR) is 91.8 cm³/mol. The van der Waals surface area contributed by atoms with Gasteiger partial charge in [0.1, 0.15) is 0 Å². The first-order chi connectivity index (χ1) is 11.2. The van der Waals surface area contributed by atoms with Gasteiger partial charge >= 0.3 is 0 Å². The number of Topliss-reactive ketones (excluding diaryl/α,β-unsaturated/α-hetero) is 2. The molecule has 3 aromatic rings. The minimum absolute atomic E-state index is 0.0182. The van der Waals surface area contributed by atoms with Gasteiger partial charge in [-0.2, -0.15) is 0 Å². The van der Waals surface area contributed by atoms with Crippen molar-refractivity contribution in [3.8, 4) is 0 Å². The number of benzene rings is 1. The highest BCUT2D eigenvalue weighted by Crippen LogP contribution is 2.16. The number of hydrogen-bond donors (Lipinski definition) is 1. The molecule has 0 radical (unpaired) electrons. The van der Waals surface area contributed by atoms with Crippen LogP contribution < -0.4 is 0 Å². The number of carbonyl (C=O) groups is 2. The van der Waals surface area contributed by atoms with E-state index in [1.165, 1.54) is 6.20 Å². The lowest BCUT2D eigenvalue weighted by Crippen LogP contribution is -2.05. The van der Waals surface area contributed by atoms with E-state index in [0.29, 0.717) is 11.1 Å². The largest absolute Gasteiger partial charge is 0.361 e. The number of nitrogens with zero attached hydrogens (tertiary/aromatic N) is 1. The summed E-state index contributed by atoms with van der Waals surface area (Å²) in [7, 11) is 0. The van der Waals surface area contributed by atoms with Crippen molar-refractivity contribution in [1.82, 2.24) is 9.97 Å². The van der Waals surface area contributed by atoms with Crippen molar-refractivity contribution in [2.75, 3.05) is 0 Å². The Bertz CT molecular complexity index is 791. The molecular weight excluding hydrogens is 288 g/mol. The molecule has 0 aliphatic rings. The summed E-state index contributed by atoms with van der Waals surface area (Å²) in [6.45, 7) is 4.00. The summed E-state index contributed by atoms with van der Waals surface area (Å²) in [6.07, 6.45) is 5.40. The monoisotopic (exact) mass is 308 g/mol. The number of carbonyl (C=O) groups excluding carboxylic acids is 2. The average Bonchev–Trinajstić information content (AvgIpc) is 3.09. The highest BCUT2D eigenvalue weighted by Gasteiger charge is 2.11. The van der Waals surface area contributed by atoms with E-state index < -0.39 is 0 Å². The second-order valence-electron chi connectivity index (χ2n) is 4.87. The minimum atomic E-state index is -0.0563. The molecule has 1 aromatic carbocycles. The van der Waals surface area contributed by atoms with E-state index in [9.17, 15) is 9.59 Å². The molecule has 4 nitrogen and oxygen atoms in total. The van der Waals surface area contributed by atoms with Crippen molar-refractivity contribution in [2.45, 2.75) is 26.7 Å². The van der Waals surface area contributed by atoms with Gasteiger partial charge in [-0.3, -0.25) is 14.6 Å². The molecule has 0 spiro atoms. The van der Waals surface area contributed by atoms with E-state index in [-0.39, 0.29) is 24.4 Å². The molecule has 0 aliphatic heterocycles. The number of aromatic amines is 1. The van der Waals surface area contributed by atoms with Crippen molar-refractivity contribution in [2.24, 2.45) is 0 Å². The molecule has 0 atom stereocenters. The summed E-state index contributed by atoms with van der Waals surface area (Å²) in [5.74, 6) is -0.0745. The van der Waals surface area contributed by atoms with Crippen molar-refractivity contribution >= 4 is 22.5 Å². The quantitative estimate of drug-likeness (QED) is 0.709. The fraction of sp³-hybridized carbons (Fsp3) is 0.211. The Morgan fingerprint density at radius 1 is 1.00 bits per heavy atom. The maximum absolute atomic E-state index is 12.2. The molecule has 23 heavy (non-hydrogen) atoms. The van der Waals surface area contributed by atoms with E-state index in [1.54, 1.807) is 24.4 Å². The number of ketones is 2. The van der Waals surface area contributed by atoms with Crippen molar-refractivity contribution in [1.29, 1.82) is 0 Å². The third kappa shape index (κ3) is 4.13. The molecule has 118 valence electrons. The Hall–Kier alpha value is -2.75. The molecule has 2 aromatic heterocycles. The molecule has 3 rings (SSSR count). The molecule has 0 unspecified atom stereocenters. The molecule has 0 saturated carbocycles. The normalized spacial score (nSPS) is 10.0. The lowest BCUT2D eigenvalue weighted by molar-refractivity contribution is 0.0917. The number of hydrogen-bond acceptors (Lipinski definition) is 3. The van der Waals surface area contributed by atoms with Gasteiger partial charge in [0, 0.05) is 53.5 Å². The molecule has 0 saturated heterocycles. The standard InChI is InChI=1S/C17H14N2O2.C2H6/c20-16(5-6-17(21)14-2-1-8-18-11-14)13-3-4-15-12(10-13)7-9-19-15;1-2/h1-4,7-11,19H,5-6H2;1-2H3. The zero-order valence-corrected chi connectivity index (χ0v) is 13.4. The van der Waals surface area contributed by atoms with E-state index in [2.05, 4.69) is 9.97 Å². The van der Waals surface area contributed by atoms with Crippen LogP contribution in [0.3, 0.4) is 0 Å². The molecule has 1 N–H and O–H groups in total. The fourth-order valence-corrected chi connectivity index (χ4v) is 2.27. The molecule has 0 fully saturated rings. The topological polar surface area (TPSA) is 62.8 Å².